The first-order chi connectivity index (χ1) is 16.0. The second-order valence-electron chi connectivity index (χ2n) is 8.19. The molecule has 5 nitrogen and oxygen atoms in total. The van der Waals surface area contributed by atoms with Crippen molar-refractivity contribution in [3.8, 4) is 11.5 Å². The first kappa shape index (κ1) is 22.6. The molecule has 1 unspecified atom stereocenters. The summed E-state index contributed by atoms with van der Waals surface area (Å²) in [5.41, 5.74) is 6.14. The molecule has 1 atom stereocenters. The number of benzene rings is 3. The third-order valence-electron chi connectivity index (χ3n) is 5.93. The van der Waals surface area contributed by atoms with E-state index in [4.69, 9.17) is 14.5 Å². The van der Waals surface area contributed by atoms with E-state index in [9.17, 15) is 5.11 Å². The number of hydrogen-bond donors (Lipinski definition) is 1. The van der Waals surface area contributed by atoms with Gasteiger partial charge in [-0.1, -0.05) is 42.5 Å². The van der Waals surface area contributed by atoms with E-state index in [1.54, 1.807) is 7.11 Å². The van der Waals surface area contributed by atoms with E-state index in [0.29, 0.717) is 30.5 Å². The van der Waals surface area contributed by atoms with Crippen molar-refractivity contribution < 1.29 is 14.6 Å². The van der Waals surface area contributed by atoms with E-state index in [0.717, 1.165) is 28.6 Å². The third kappa shape index (κ3) is 4.78. The Hall–Kier alpha value is -3.57. The molecule has 0 spiro atoms. The molecule has 3 aromatic carbocycles. The fraction of sp³-hybridized carbons (Fsp3) is 0.250. The maximum Gasteiger partial charge on any atom is 0.161 e. The van der Waals surface area contributed by atoms with E-state index < -0.39 is 6.10 Å². The molecule has 0 amide bonds. The first-order valence-electron chi connectivity index (χ1n) is 11.1. The van der Waals surface area contributed by atoms with Crippen LogP contribution in [0.3, 0.4) is 0 Å². The zero-order valence-electron chi connectivity index (χ0n) is 19.4. The Morgan fingerprint density at radius 1 is 1.03 bits per heavy atom. The van der Waals surface area contributed by atoms with Gasteiger partial charge in [0.15, 0.2) is 11.5 Å². The van der Waals surface area contributed by atoms with Gasteiger partial charge in [0.25, 0.3) is 0 Å². The van der Waals surface area contributed by atoms with Crippen LogP contribution in [0.25, 0.3) is 11.0 Å². The number of aryl methyl sites for hydroxylation is 2. The number of nitrogens with zero attached hydrogens (tertiary/aromatic N) is 2. The maximum absolute atomic E-state index is 11.1. The van der Waals surface area contributed by atoms with Crippen LogP contribution in [0.15, 0.2) is 73.3 Å². The van der Waals surface area contributed by atoms with E-state index in [1.165, 1.54) is 11.1 Å². The number of allylic oxidation sites excluding steroid dienone is 1. The molecule has 0 aliphatic heterocycles. The Labute approximate surface area is 194 Å². The number of aliphatic hydroxyl groups is 1. The van der Waals surface area contributed by atoms with Gasteiger partial charge in [0.1, 0.15) is 18.5 Å². The van der Waals surface area contributed by atoms with Crippen LogP contribution in [0.2, 0.25) is 0 Å². The lowest BCUT2D eigenvalue weighted by Crippen LogP contribution is -2.15. The van der Waals surface area contributed by atoms with Crippen molar-refractivity contribution in [2.75, 3.05) is 13.7 Å². The topological polar surface area (TPSA) is 56.5 Å². The second-order valence-corrected chi connectivity index (χ2v) is 8.19. The Morgan fingerprint density at radius 3 is 2.52 bits per heavy atom. The van der Waals surface area contributed by atoms with Crippen LogP contribution in [-0.4, -0.2) is 28.4 Å². The molecular weight excluding hydrogens is 412 g/mol. The lowest BCUT2D eigenvalue weighted by molar-refractivity contribution is 0.201. The summed E-state index contributed by atoms with van der Waals surface area (Å²) in [5, 5.41) is 11.1. The molecule has 4 aromatic rings. The predicted molar refractivity (Wildman–Crippen MR) is 132 cm³/mol. The van der Waals surface area contributed by atoms with Gasteiger partial charge < -0.3 is 19.1 Å². The van der Waals surface area contributed by atoms with E-state index in [-0.39, 0.29) is 0 Å². The highest BCUT2D eigenvalue weighted by Gasteiger charge is 2.20. The van der Waals surface area contributed by atoms with E-state index in [2.05, 4.69) is 37.1 Å². The number of ether oxygens (including phenoxy) is 2. The molecule has 1 aromatic heterocycles. The highest BCUT2D eigenvalue weighted by Crippen LogP contribution is 2.30. The van der Waals surface area contributed by atoms with Crippen LogP contribution in [0.4, 0.5) is 0 Å². The number of aliphatic hydroxyl groups excluding tert-OH is 1. The molecule has 0 aliphatic rings. The number of aromatic nitrogens is 2. The lowest BCUT2D eigenvalue weighted by Gasteiger charge is -2.16. The molecular formula is C28H30N2O3. The quantitative estimate of drug-likeness (QED) is 0.345. The van der Waals surface area contributed by atoms with Gasteiger partial charge in [-0.2, -0.15) is 0 Å². The van der Waals surface area contributed by atoms with Gasteiger partial charge in [-0.05, 0) is 66.8 Å². The molecule has 170 valence electrons. The minimum atomic E-state index is -0.827. The number of methoxy groups -OCH3 is 1. The summed E-state index contributed by atoms with van der Waals surface area (Å²) in [6.45, 7) is 8.90. The van der Waals surface area contributed by atoms with Crippen LogP contribution >= 0.6 is 0 Å². The van der Waals surface area contributed by atoms with Crippen LogP contribution < -0.4 is 9.47 Å². The standard InChI is InChI=1S/C28H30N2O3/c1-5-9-21-12-13-25(26(18-21)32-4)33-15-14-30-24-17-20(3)19(2)16-23(24)29-28(30)27(31)22-10-7-6-8-11-22/h5-8,10-13,16-18,27,31H,1,9,14-15H2,2-4H3. The summed E-state index contributed by atoms with van der Waals surface area (Å²) in [7, 11) is 1.64. The van der Waals surface area contributed by atoms with Crippen molar-refractivity contribution in [3.05, 3.63) is 101 Å². The number of rotatable bonds is 9. The van der Waals surface area contributed by atoms with Crippen molar-refractivity contribution in [2.24, 2.45) is 0 Å². The fourth-order valence-corrected chi connectivity index (χ4v) is 4.00. The van der Waals surface area contributed by atoms with Crippen LogP contribution in [0.5, 0.6) is 11.5 Å². The summed E-state index contributed by atoms with van der Waals surface area (Å²) in [6, 6.07) is 19.7. The molecule has 0 radical (unpaired) electrons. The Kier molecular flexibility index (Phi) is 6.80. The Morgan fingerprint density at radius 2 is 1.79 bits per heavy atom. The van der Waals surface area contributed by atoms with Gasteiger partial charge in [0.05, 0.1) is 24.7 Å². The van der Waals surface area contributed by atoms with E-state index in [1.807, 2.05) is 54.6 Å². The molecule has 1 heterocycles. The SMILES string of the molecule is C=CCc1ccc(OCCn2c(C(O)c3ccccc3)nc3cc(C)c(C)cc32)c(OC)c1. The van der Waals surface area contributed by atoms with Crippen LogP contribution in [-0.2, 0) is 13.0 Å². The molecule has 0 saturated heterocycles. The van der Waals surface area contributed by atoms with Gasteiger partial charge in [0, 0.05) is 0 Å². The average molecular weight is 443 g/mol. The minimum absolute atomic E-state index is 0.407. The van der Waals surface area contributed by atoms with Crippen molar-refractivity contribution in [1.82, 2.24) is 9.55 Å². The van der Waals surface area contributed by atoms with Gasteiger partial charge in [-0.15, -0.1) is 6.58 Å². The summed E-state index contributed by atoms with van der Waals surface area (Å²) >= 11 is 0. The van der Waals surface area contributed by atoms with Gasteiger partial charge in [-0.25, -0.2) is 4.98 Å². The molecule has 1 N–H and O–H groups in total. The van der Waals surface area contributed by atoms with Gasteiger partial charge >= 0.3 is 0 Å². The molecule has 0 saturated carbocycles. The number of fused-ring (bicyclic) bond motifs is 1. The largest absolute Gasteiger partial charge is 0.493 e. The fourth-order valence-electron chi connectivity index (χ4n) is 4.00. The molecule has 0 bridgehead atoms. The lowest BCUT2D eigenvalue weighted by atomic mass is 10.1. The number of hydrogen-bond acceptors (Lipinski definition) is 4. The smallest absolute Gasteiger partial charge is 0.161 e. The van der Waals surface area contributed by atoms with Crippen molar-refractivity contribution >= 4 is 11.0 Å². The predicted octanol–water partition coefficient (Wildman–Crippen LogP) is 5.55. The summed E-state index contributed by atoms with van der Waals surface area (Å²) < 4.78 is 13.7. The molecule has 5 heteroatoms. The van der Waals surface area contributed by atoms with E-state index >= 15 is 0 Å². The third-order valence-corrected chi connectivity index (χ3v) is 5.93. The van der Waals surface area contributed by atoms with Crippen LogP contribution in [0, 0.1) is 13.8 Å². The van der Waals surface area contributed by atoms with Crippen LogP contribution in [0.1, 0.15) is 34.2 Å². The number of imidazole rings is 1. The zero-order chi connectivity index (χ0) is 23.4. The molecule has 0 aliphatic carbocycles. The van der Waals surface area contributed by atoms with Gasteiger partial charge in [0.2, 0.25) is 0 Å². The molecule has 4 rings (SSSR count). The Bertz CT molecular complexity index is 1260. The monoisotopic (exact) mass is 442 g/mol. The average Bonchev–Trinajstić information content (AvgIpc) is 3.17. The summed E-state index contributed by atoms with van der Waals surface area (Å²) in [5.74, 6) is 1.99. The molecule has 33 heavy (non-hydrogen) atoms. The maximum atomic E-state index is 11.1. The second kappa shape index (κ2) is 9.92. The first-order valence-corrected chi connectivity index (χ1v) is 11.1. The normalized spacial score (nSPS) is 12.0. The van der Waals surface area contributed by atoms with Gasteiger partial charge in [-0.3, -0.25) is 0 Å². The molecule has 0 fully saturated rings. The van der Waals surface area contributed by atoms with Crippen molar-refractivity contribution in [3.63, 3.8) is 0 Å². The highest BCUT2D eigenvalue weighted by atomic mass is 16.5. The Balaban J connectivity index is 1.64. The highest BCUT2D eigenvalue weighted by molar-refractivity contribution is 5.78. The summed E-state index contributed by atoms with van der Waals surface area (Å²) in [6.07, 6.45) is 1.81. The minimum Gasteiger partial charge on any atom is -0.493 e. The van der Waals surface area contributed by atoms with Crippen molar-refractivity contribution in [2.45, 2.75) is 32.9 Å². The zero-order valence-corrected chi connectivity index (χ0v) is 19.4. The van der Waals surface area contributed by atoms with Crippen molar-refractivity contribution in [1.29, 1.82) is 0 Å². The summed E-state index contributed by atoms with van der Waals surface area (Å²) in [4.78, 5) is 4.81.